The van der Waals surface area contributed by atoms with E-state index in [9.17, 15) is 9.59 Å². The SMILES string of the molecule is COC(=O)c1ccc(Cl)c(N2CCN(C(=O)Cc3ccccc3C)CC2)c1. The van der Waals surface area contributed by atoms with Crippen LogP contribution in [-0.2, 0) is 16.0 Å². The molecular weight excluding hydrogens is 364 g/mol. The number of amides is 1. The smallest absolute Gasteiger partial charge is 0.337 e. The Labute approximate surface area is 164 Å². The van der Waals surface area contributed by atoms with Gasteiger partial charge in [0.25, 0.3) is 0 Å². The summed E-state index contributed by atoms with van der Waals surface area (Å²) < 4.78 is 4.78. The molecule has 142 valence electrons. The zero-order valence-corrected chi connectivity index (χ0v) is 16.3. The van der Waals surface area contributed by atoms with E-state index in [0.29, 0.717) is 43.2 Å². The third-order valence-corrected chi connectivity index (χ3v) is 5.26. The van der Waals surface area contributed by atoms with Gasteiger partial charge in [-0.1, -0.05) is 35.9 Å². The normalized spacial score (nSPS) is 14.2. The van der Waals surface area contributed by atoms with Gasteiger partial charge in [-0.3, -0.25) is 4.79 Å². The second-order valence-electron chi connectivity index (χ2n) is 6.63. The molecule has 0 radical (unpaired) electrons. The lowest BCUT2D eigenvalue weighted by atomic mass is 10.1. The van der Waals surface area contributed by atoms with E-state index in [1.54, 1.807) is 18.2 Å². The molecule has 1 fully saturated rings. The van der Waals surface area contributed by atoms with Crippen LogP contribution in [0.4, 0.5) is 5.69 Å². The number of anilines is 1. The molecule has 1 amide bonds. The van der Waals surface area contributed by atoms with Crippen molar-refractivity contribution in [3.05, 3.63) is 64.2 Å². The van der Waals surface area contributed by atoms with Gasteiger partial charge in [0.2, 0.25) is 5.91 Å². The van der Waals surface area contributed by atoms with Crippen LogP contribution in [0.15, 0.2) is 42.5 Å². The predicted molar refractivity (Wildman–Crippen MR) is 106 cm³/mol. The Balaban J connectivity index is 1.64. The van der Waals surface area contributed by atoms with E-state index < -0.39 is 0 Å². The third-order valence-electron chi connectivity index (χ3n) is 4.94. The van der Waals surface area contributed by atoms with E-state index in [2.05, 4.69) is 4.90 Å². The Bertz CT molecular complexity index is 845. The molecule has 0 aromatic heterocycles. The fourth-order valence-electron chi connectivity index (χ4n) is 3.28. The first-order valence-electron chi connectivity index (χ1n) is 8.94. The van der Waals surface area contributed by atoms with Gasteiger partial charge >= 0.3 is 5.97 Å². The van der Waals surface area contributed by atoms with Gasteiger partial charge in [-0.15, -0.1) is 0 Å². The Kier molecular flexibility index (Phi) is 6.01. The number of ether oxygens (including phenoxy) is 1. The topological polar surface area (TPSA) is 49.9 Å². The van der Waals surface area contributed by atoms with Crippen LogP contribution in [0, 0.1) is 6.92 Å². The minimum atomic E-state index is -0.389. The Morgan fingerprint density at radius 2 is 1.78 bits per heavy atom. The summed E-state index contributed by atoms with van der Waals surface area (Å²) in [6.45, 7) is 4.62. The quantitative estimate of drug-likeness (QED) is 0.756. The molecule has 3 rings (SSSR count). The predicted octanol–water partition coefficient (Wildman–Crippen LogP) is 3.33. The van der Waals surface area contributed by atoms with Crippen molar-refractivity contribution in [2.24, 2.45) is 0 Å². The monoisotopic (exact) mass is 386 g/mol. The van der Waals surface area contributed by atoms with Gasteiger partial charge in [0, 0.05) is 26.2 Å². The zero-order chi connectivity index (χ0) is 19.4. The number of hydrogen-bond donors (Lipinski definition) is 0. The van der Waals surface area contributed by atoms with E-state index in [-0.39, 0.29) is 11.9 Å². The van der Waals surface area contributed by atoms with Crippen LogP contribution in [0.1, 0.15) is 21.5 Å². The van der Waals surface area contributed by atoms with Crippen LogP contribution in [0.3, 0.4) is 0 Å². The fourth-order valence-corrected chi connectivity index (χ4v) is 3.52. The zero-order valence-electron chi connectivity index (χ0n) is 15.6. The molecule has 6 heteroatoms. The lowest BCUT2D eigenvalue weighted by Gasteiger charge is -2.36. The first-order chi connectivity index (χ1) is 13.0. The second-order valence-corrected chi connectivity index (χ2v) is 7.04. The van der Waals surface area contributed by atoms with Crippen molar-refractivity contribution < 1.29 is 14.3 Å². The highest BCUT2D eigenvalue weighted by Gasteiger charge is 2.23. The van der Waals surface area contributed by atoms with Crippen molar-refractivity contribution in [1.29, 1.82) is 0 Å². The molecule has 0 aliphatic carbocycles. The molecule has 1 aliphatic rings. The number of esters is 1. The molecule has 0 atom stereocenters. The lowest BCUT2D eigenvalue weighted by Crippen LogP contribution is -2.49. The molecule has 1 heterocycles. The van der Waals surface area contributed by atoms with E-state index in [1.807, 2.05) is 36.1 Å². The molecule has 0 N–H and O–H groups in total. The average molecular weight is 387 g/mol. The highest BCUT2D eigenvalue weighted by atomic mass is 35.5. The minimum absolute atomic E-state index is 0.137. The van der Waals surface area contributed by atoms with Crippen molar-refractivity contribution in [3.63, 3.8) is 0 Å². The molecule has 5 nitrogen and oxygen atoms in total. The first-order valence-corrected chi connectivity index (χ1v) is 9.32. The number of aryl methyl sites for hydroxylation is 1. The molecule has 0 unspecified atom stereocenters. The molecule has 0 spiro atoms. The van der Waals surface area contributed by atoms with Crippen molar-refractivity contribution in [3.8, 4) is 0 Å². The van der Waals surface area contributed by atoms with E-state index in [0.717, 1.165) is 16.8 Å². The van der Waals surface area contributed by atoms with Gasteiger partial charge in [0.05, 0.1) is 29.8 Å². The summed E-state index contributed by atoms with van der Waals surface area (Å²) in [6.07, 6.45) is 0.422. The Morgan fingerprint density at radius 3 is 2.44 bits per heavy atom. The summed E-state index contributed by atoms with van der Waals surface area (Å²) in [4.78, 5) is 28.4. The Morgan fingerprint density at radius 1 is 1.07 bits per heavy atom. The molecule has 27 heavy (non-hydrogen) atoms. The van der Waals surface area contributed by atoms with Crippen LogP contribution in [0.2, 0.25) is 5.02 Å². The number of carbonyl (C=O) groups is 2. The number of benzene rings is 2. The van der Waals surface area contributed by atoms with Gasteiger partial charge in [0.15, 0.2) is 0 Å². The summed E-state index contributed by atoms with van der Waals surface area (Å²) >= 11 is 6.33. The minimum Gasteiger partial charge on any atom is -0.465 e. The summed E-state index contributed by atoms with van der Waals surface area (Å²) in [7, 11) is 1.36. The first kappa shape index (κ1) is 19.2. The number of methoxy groups -OCH3 is 1. The van der Waals surface area contributed by atoms with Crippen molar-refractivity contribution in [1.82, 2.24) is 4.90 Å². The number of rotatable bonds is 4. The standard InChI is InChI=1S/C21H23ClN2O3/c1-15-5-3-4-6-16(15)14-20(25)24-11-9-23(10-12-24)19-13-17(21(26)27-2)7-8-18(19)22/h3-8,13H,9-12,14H2,1-2H3. The molecule has 0 bridgehead atoms. The number of halogens is 1. The molecular formula is C21H23ClN2O3. The number of hydrogen-bond acceptors (Lipinski definition) is 4. The maximum absolute atomic E-state index is 12.6. The Hall–Kier alpha value is -2.53. The second kappa shape index (κ2) is 8.44. The van der Waals surface area contributed by atoms with E-state index in [4.69, 9.17) is 16.3 Å². The molecule has 2 aromatic rings. The van der Waals surface area contributed by atoms with Crippen LogP contribution < -0.4 is 4.90 Å². The van der Waals surface area contributed by atoms with Gasteiger partial charge in [-0.05, 0) is 36.2 Å². The van der Waals surface area contributed by atoms with Gasteiger partial charge < -0.3 is 14.5 Å². The number of carbonyl (C=O) groups excluding carboxylic acids is 2. The third kappa shape index (κ3) is 4.42. The summed E-state index contributed by atoms with van der Waals surface area (Å²) in [6, 6.07) is 13.1. The van der Waals surface area contributed by atoms with Crippen LogP contribution in [0.5, 0.6) is 0 Å². The fraction of sp³-hybridized carbons (Fsp3) is 0.333. The molecule has 1 aliphatic heterocycles. The summed E-state index contributed by atoms with van der Waals surface area (Å²) in [5.41, 5.74) is 3.47. The van der Waals surface area contributed by atoms with Gasteiger partial charge in [-0.25, -0.2) is 4.79 Å². The summed E-state index contributed by atoms with van der Waals surface area (Å²) in [5.74, 6) is -0.252. The number of piperazine rings is 1. The van der Waals surface area contributed by atoms with Crippen LogP contribution >= 0.6 is 11.6 Å². The average Bonchev–Trinajstić information content (AvgIpc) is 2.69. The van der Waals surface area contributed by atoms with Crippen molar-refractivity contribution in [2.45, 2.75) is 13.3 Å². The highest BCUT2D eigenvalue weighted by Crippen LogP contribution is 2.28. The maximum Gasteiger partial charge on any atom is 0.337 e. The lowest BCUT2D eigenvalue weighted by molar-refractivity contribution is -0.130. The highest BCUT2D eigenvalue weighted by molar-refractivity contribution is 6.33. The molecule has 1 saturated heterocycles. The molecule has 2 aromatic carbocycles. The molecule has 0 saturated carbocycles. The maximum atomic E-state index is 12.6. The number of nitrogens with zero attached hydrogens (tertiary/aromatic N) is 2. The largest absolute Gasteiger partial charge is 0.465 e. The van der Waals surface area contributed by atoms with Crippen LogP contribution in [-0.4, -0.2) is 50.1 Å². The summed E-state index contributed by atoms with van der Waals surface area (Å²) in [5, 5.41) is 0.585. The van der Waals surface area contributed by atoms with Gasteiger partial charge in [-0.2, -0.15) is 0 Å². The van der Waals surface area contributed by atoms with Crippen LogP contribution in [0.25, 0.3) is 0 Å². The van der Waals surface area contributed by atoms with Crippen molar-refractivity contribution in [2.75, 3.05) is 38.2 Å². The van der Waals surface area contributed by atoms with Gasteiger partial charge in [0.1, 0.15) is 0 Å². The van der Waals surface area contributed by atoms with E-state index >= 15 is 0 Å². The van der Waals surface area contributed by atoms with Crippen molar-refractivity contribution >= 4 is 29.2 Å². The van der Waals surface area contributed by atoms with E-state index in [1.165, 1.54) is 7.11 Å².